The highest BCUT2D eigenvalue weighted by atomic mass is 32.2. The molecule has 0 fully saturated rings. The van der Waals surface area contributed by atoms with E-state index in [9.17, 15) is 4.79 Å². The molecule has 0 unspecified atom stereocenters. The molecule has 2 rings (SSSR count). The van der Waals surface area contributed by atoms with E-state index in [0.717, 1.165) is 0 Å². The van der Waals surface area contributed by atoms with Crippen molar-refractivity contribution in [3.63, 3.8) is 0 Å². The number of nitrogens with one attached hydrogen (secondary N) is 1. The van der Waals surface area contributed by atoms with Crippen LogP contribution < -0.4 is 20.5 Å². The molecule has 1 amide bonds. The average Bonchev–Trinajstić information content (AvgIpc) is 2.96. The predicted molar refractivity (Wildman–Crippen MR) is 91.1 cm³/mol. The van der Waals surface area contributed by atoms with Crippen molar-refractivity contribution in [2.45, 2.75) is 17.3 Å². The molecule has 0 bridgehead atoms. The molecular weight excluding hydrogens is 336 g/mol. The lowest BCUT2D eigenvalue weighted by Gasteiger charge is -2.16. The summed E-state index contributed by atoms with van der Waals surface area (Å²) in [6.45, 7) is 2.23. The van der Waals surface area contributed by atoms with Gasteiger partial charge in [0.2, 0.25) is 11.0 Å². The third kappa shape index (κ3) is 5.61. The summed E-state index contributed by atoms with van der Waals surface area (Å²) in [7, 11) is 1.59. The van der Waals surface area contributed by atoms with Crippen molar-refractivity contribution in [2.24, 2.45) is 0 Å². The Morgan fingerprint density at radius 3 is 2.78 bits per heavy atom. The lowest BCUT2D eigenvalue weighted by atomic mass is 10.3. The summed E-state index contributed by atoms with van der Waals surface area (Å²) >= 11 is 2.56. The fourth-order valence-corrected chi connectivity index (χ4v) is 3.16. The van der Waals surface area contributed by atoms with Crippen molar-refractivity contribution in [1.82, 2.24) is 15.5 Å². The van der Waals surface area contributed by atoms with Gasteiger partial charge >= 0.3 is 0 Å². The molecule has 2 aromatic rings. The minimum Gasteiger partial charge on any atom is -0.493 e. The van der Waals surface area contributed by atoms with E-state index in [1.165, 1.54) is 23.1 Å². The predicted octanol–water partition coefficient (Wildman–Crippen LogP) is 1.80. The Bertz CT molecular complexity index is 650. The second-order valence-electron chi connectivity index (χ2n) is 4.63. The summed E-state index contributed by atoms with van der Waals surface area (Å²) < 4.78 is 11.6. The summed E-state index contributed by atoms with van der Waals surface area (Å²) in [5, 5.41) is 10.8. The van der Waals surface area contributed by atoms with Crippen molar-refractivity contribution in [1.29, 1.82) is 0 Å². The molecule has 9 heteroatoms. The molecule has 0 aliphatic rings. The highest BCUT2D eigenvalue weighted by Gasteiger charge is 2.11. The summed E-state index contributed by atoms with van der Waals surface area (Å²) in [5.74, 6) is 1.47. The Hall–Kier alpha value is -2.00. The van der Waals surface area contributed by atoms with E-state index in [0.29, 0.717) is 27.6 Å². The number of methoxy groups -OCH3 is 1. The van der Waals surface area contributed by atoms with Gasteiger partial charge in [0.25, 0.3) is 0 Å². The molecule has 1 aromatic carbocycles. The normalized spacial score (nSPS) is 11.7. The number of aromatic nitrogens is 2. The van der Waals surface area contributed by atoms with E-state index in [1.54, 1.807) is 7.11 Å². The van der Waals surface area contributed by atoms with Gasteiger partial charge in [0.15, 0.2) is 15.8 Å². The smallest absolute Gasteiger partial charge is 0.230 e. The number of nitrogens with two attached hydrogens (primary N) is 1. The Morgan fingerprint density at radius 1 is 1.39 bits per heavy atom. The van der Waals surface area contributed by atoms with Crippen molar-refractivity contribution in [2.75, 3.05) is 25.2 Å². The Morgan fingerprint density at radius 2 is 2.13 bits per heavy atom. The van der Waals surface area contributed by atoms with Crippen LogP contribution in [0.1, 0.15) is 6.92 Å². The Labute approximate surface area is 142 Å². The Balaban J connectivity index is 1.73. The van der Waals surface area contributed by atoms with Gasteiger partial charge in [0.1, 0.15) is 6.61 Å². The van der Waals surface area contributed by atoms with E-state index in [1.807, 2.05) is 31.2 Å². The van der Waals surface area contributed by atoms with E-state index in [2.05, 4.69) is 15.5 Å². The zero-order chi connectivity index (χ0) is 16.7. The number of ether oxygens (including phenoxy) is 2. The van der Waals surface area contributed by atoms with Crippen LogP contribution in [0.5, 0.6) is 11.5 Å². The first-order chi connectivity index (χ1) is 11.1. The summed E-state index contributed by atoms with van der Waals surface area (Å²) in [5.41, 5.74) is 5.49. The number of carbonyl (C=O) groups excluding carboxylic acids is 1. The first kappa shape index (κ1) is 17.4. The molecule has 1 atom stereocenters. The number of nitrogens with zero attached hydrogens (tertiary/aromatic N) is 2. The van der Waals surface area contributed by atoms with Gasteiger partial charge in [-0.25, -0.2) is 0 Å². The molecule has 0 aliphatic heterocycles. The lowest BCUT2D eigenvalue weighted by molar-refractivity contribution is -0.119. The molecule has 7 nitrogen and oxygen atoms in total. The van der Waals surface area contributed by atoms with Crippen LogP contribution in [0, 0.1) is 0 Å². The zero-order valence-corrected chi connectivity index (χ0v) is 14.4. The molecule has 1 heterocycles. The fraction of sp³-hybridized carbons (Fsp3) is 0.357. The van der Waals surface area contributed by atoms with Gasteiger partial charge in [0, 0.05) is 0 Å². The molecule has 23 heavy (non-hydrogen) atoms. The molecule has 3 N–H and O–H groups in total. The monoisotopic (exact) mass is 354 g/mol. The number of rotatable bonds is 8. The van der Waals surface area contributed by atoms with Crippen molar-refractivity contribution < 1.29 is 14.3 Å². The number of anilines is 1. The van der Waals surface area contributed by atoms with Crippen LogP contribution >= 0.6 is 23.1 Å². The third-order valence-electron chi connectivity index (χ3n) is 2.71. The molecule has 0 saturated heterocycles. The van der Waals surface area contributed by atoms with E-state index < -0.39 is 0 Å². The van der Waals surface area contributed by atoms with Gasteiger partial charge in [-0.15, -0.1) is 10.2 Å². The molecule has 0 radical (unpaired) electrons. The number of carbonyl (C=O) groups is 1. The van der Waals surface area contributed by atoms with Crippen LogP contribution in [0.4, 0.5) is 5.13 Å². The summed E-state index contributed by atoms with van der Waals surface area (Å²) in [6.07, 6.45) is 0. The number of hydrogen-bond acceptors (Lipinski definition) is 8. The first-order valence-electron chi connectivity index (χ1n) is 6.85. The van der Waals surface area contributed by atoms with Crippen LogP contribution in [-0.2, 0) is 4.79 Å². The molecule has 0 saturated carbocycles. The average molecular weight is 354 g/mol. The quantitative estimate of drug-likeness (QED) is 0.697. The number of para-hydroxylation sites is 2. The number of thioether (sulfide) groups is 1. The Kier molecular flexibility index (Phi) is 6.48. The minimum absolute atomic E-state index is 0.0973. The van der Waals surface area contributed by atoms with Crippen molar-refractivity contribution >= 4 is 34.1 Å². The summed E-state index contributed by atoms with van der Waals surface area (Å²) in [6, 6.07) is 7.25. The number of nitrogen functional groups attached to an aromatic ring is 1. The summed E-state index contributed by atoms with van der Waals surface area (Å²) in [4.78, 5) is 11.9. The number of amides is 1. The standard InChI is InChI=1S/C14H18N4O3S2/c1-9(7-21-11-6-4-3-5-10(11)20-2)16-12(19)8-22-14-18-17-13(15)23-14/h3-6,9H,7-8H2,1-2H3,(H2,15,17)(H,16,19)/t9-/m1/s1. The van der Waals surface area contributed by atoms with Crippen molar-refractivity contribution in [3.05, 3.63) is 24.3 Å². The van der Waals surface area contributed by atoms with E-state index in [4.69, 9.17) is 15.2 Å². The van der Waals surface area contributed by atoms with E-state index >= 15 is 0 Å². The van der Waals surface area contributed by atoms with Gasteiger partial charge < -0.3 is 20.5 Å². The van der Waals surface area contributed by atoms with Crippen LogP contribution in [-0.4, -0.2) is 41.6 Å². The first-order valence-corrected chi connectivity index (χ1v) is 8.65. The van der Waals surface area contributed by atoms with Gasteiger partial charge in [-0.1, -0.05) is 35.2 Å². The highest BCUT2D eigenvalue weighted by molar-refractivity contribution is 8.01. The second kappa shape index (κ2) is 8.59. The second-order valence-corrected chi connectivity index (χ2v) is 6.86. The van der Waals surface area contributed by atoms with Crippen LogP contribution in [0.3, 0.4) is 0 Å². The minimum atomic E-state index is -0.132. The maximum Gasteiger partial charge on any atom is 0.230 e. The fourth-order valence-electron chi connectivity index (χ4n) is 1.72. The largest absolute Gasteiger partial charge is 0.493 e. The lowest BCUT2D eigenvalue weighted by Crippen LogP contribution is -2.37. The van der Waals surface area contributed by atoms with Gasteiger partial charge in [-0.2, -0.15) is 0 Å². The number of benzene rings is 1. The van der Waals surface area contributed by atoms with Gasteiger partial charge in [0.05, 0.1) is 18.9 Å². The SMILES string of the molecule is COc1ccccc1OC[C@@H](C)NC(=O)CSc1nnc(N)s1. The van der Waals surface area contributed by atoms with Crippen LogP contribution in [0.2, 0.25) is 0 Å². The van der Waals surface area contributed by atoms with Gasteiger partial charge in [-0.3, -0.25) is 4.79 Å². The molecule has 0 spiro atoms. The van der Waals surface area contributed by atoms with E-state index in [-0.39, 0.29) is 17.7 Å². The van der Waals surface area contributed by atoms with Gasteiger partial charge in [-0.05, 0) is 19.1 Å². The van der Waals surface area contributed by atoms with Crippen LogP contribution in [0.15, 0.2) is 28.6 Å². The maximum absolute atomic E-state index is 11.9. The maximum atomic E-state index is 11.9. The molecule has 124 valence electrons. The molecule has 1 aromatic heterocycles. The molecular formula is C14H18N4O3S2. The van der Waals surface area contributed by atoms with Crippen molar-refractivity contribution in [3.8, 4) is 11.5 Å². The van der Waals surface area contributed by atoms with Crippen LogP contribution in [0.25, 0.3) is 0 Å². The third-order valence-corrected chi connectivity index (χ3v) is 4.60. The number of hydrogen-bond donors (Lipinski definition) is 2. The molecule has 0 aliphatic carbocycles. The highest BCUT2D eigenvalue weighted by Crippen LogP contribution is 2.26. The zero-order valence-electron chi connectivity index (χ0n) is 12.8. The topological polar surface area (TPSA) is 99.4 Å².